The molecule has 0 saturated carbocycles. The number of nitrogens with one attached hydrogen (secondary N) is 1. The number of carbonyl (C=O) groups is 2. The third-order valence-electron chi connectivity index (χ3n) is 4.62. The summed E-state index contributed by atoms with van der Waals surface area (Å²) in [7, 11) is 0. The van der Waals surface area contributed by atoms with Crippen LogP contribution in [0.1, 0.15) is 36.4 Å². The van der Waals surface area contributed by atoms with Crippen molar-refractivity contribution >= 4 is 28.8 Å². The molecule has 2 amide bonds. The van der Waals surface area contributed by atoms with Crippen LogP contribution >= 0.6 is 11.3 Å². The van der Waals surface area contributed by atoms with Crippen molar-refractivity contribution in [3.63, 3.8) is 0 Å². The molecule has 3 rings (SSSR count). The molecule has 1 aliphatic heterocycles. The molecular weight excluding hydrogens is 376 g/mol. The van der Waals surface area contributed by atoms with E-state index in [4.69, 9.17) is 9.47 Å². The number of hydrogen-bond donors (Lipinski definition) is 1. The Balaban J connectivity index is 1.65. The maximum absolute atomic E-state index is 12.8. The van der Waals surface area contributed by atoms with Crippen LogP contribution in [0.15, 0.2) is 35.7 Å². The minimum Gasteiger partial charge on any atom is -0.490 e. The fourth-order valence-corrected chi connectivity index (χ4v) is 4.00. The third-order valence-corrected chi connectivity index (χ3v) is 5.48. The minimum absolute atomic E-state index is 0.00667. The lowest BCUT2D eigenvalue weighted by Gasteiger charge is -2.31. The normalized spacial score (nSPS) is 16.5. The summed E-state index contributed by atoms with van der Waals surface area (Å²) in [5, 5.41) is 4.86. The van der Waals surface area contributed by atoms with Gasteiger partial charge in [-0.3, -0.25) is 9.59 Å². The molecule has 1 N–H and O–H groups in total. The number of ether oxygens (including phenoxy) is 2. The van der Waals surface area contributed by atoms with Gasteiger partial charge in [0.25, 0.3) is 5.91 Å². The fraction of sp³-hybridized carbons (Fsp3) is 0.429. The lowest BCUT2D eigenvalue weighted by atomic mass is 9.97. The van der Waals surface area contributed by atoms with E-state index in [0.29, 0.717) is 48.4 Å². The molecule has 0 bridgehead atoms. The van der Waals surface area contributed by atoms with E-state index in [2.05, 4.69) is 5.32 Å². The van der Waals surface area contributed by atoms with E-state index < -0.39 is 0 Å². The van der Waals surface area contributed by atoms with Crippen molar-refractivity contribution in [1.82, 2.24) is 4.90 Å². The van der Waals surface area contributed by atoms with Gasteiger partial charge in [-0.15, -0.1) is 11.3 Å². The van der Waals surface area contributed by atoms with E-state index in [-0.39, 0.29) is 17.7 Å². The molecule has 0 spiro atoms. The molecule has 1 fully saturated rings. The number of thiophene rings is 1. The van der Waals surface area contributed by atoms with Crippen LogP contribution in [0.5, 0.6) is 11.5 Å². The van der Waals surface area contributed by atoms with Gasteiger partial charge in [0, 0.05) is 24.8 Å². The molecule has 1 atom stereocenters. The van der Waals surface area contributed by atoms with E-state index in [1.54, 1.807) is 17.0 Å². The lowest BCUT2D eigenvalue weighted by molar-refractivity contribution is -0.121. The largest absolute Gasteiger partial charge is 0.490 e. The maximum atomic E-state index is 12.8. The van der Waals surface area contributed by atoms with E-state index in [1.807, 2.05) is 37.4 Å². The molecule has 0 aliphatic carbocycles. The Hall–Kier alpha value is -2.54. The van der Waals surface area contributed by atoms with Crippen molar-refractivity contribution < 1.29 is 19.1 Å². The number of nitrogens with zero attached hydrogens (tertiary/aromatic N) is 1. The topological polar surface area (TPSA) is 67.9 Å². The smallest absolute Gasteiger partial charge is 0.263 e. The van der Waals surface area contributed by atoms with E-state index in [1.165, 1.54) is 11.3 Å². The summed E-state index contributed by atoms with van der Waals surface area (Å²) in [5.41, 5.74) is 0.665. The predicted octanol–water partition coefficient (Wildman–Crippen LogP) is 4.04. The Morgan fingerprint density at radius 3 is 2.68 bits per heavy atom. The predicted molar refractivity (Wildman–Crippen MR) is 110 cm³/mol. The summed E-state index contributed by atoms with van der Waals surface area (Å²) in [5.74, 6) is 0.982. The summed E-state index contributed by atoms with van der Waals surface area (Å²) >= 11 is 1.43. The zero-order valence-electron chi connectivity index (χ0n) is 16.3. The van der Waals surface area contributed by atoms with Crippen molar-refractivity contribution in [3.8, 4) is 11.5 Å². The Kier molecular flexibility index (Phi) is 6.92. The zero-order chi connectivity index (χ0) is 19.9. The summed E-state index contributed by atoms with van der Waals surface area (Å²) in [4.78, 5) is 27.9. The molecule has 28 heavy (non-hydrogen) atoms. The summed E-state index contributed by atoms with van der Waals surface area (Å²) in [6, 6.07) is 9.09. The van der Waals surface area contributed by atoms with Crippen LogP contribution < -0.4 is 14.8 Å². The minimum atomic E-state index is -0.222. The van der Waals surface area contributed by atoms with Gasteiger partial charge in [0.2, 0.25) is 5.91 Å². The average Bonchev–Trinajstić information content (AvgIpc) is 3.24. The number of piperidine rings is 1. The number of amides is 2. The second-order valence-corrected chi connectivity index (χ2v) is 7.53. The van der Waals surface area contributed by atoms with Crippen LogP contribution in [-0.4, -0.2) is 43.0 Å². The molecule has 6 nitrogen and oxygen atoms in total. The first-order valence-electron chi connectivity index (χ1n) is 9.65. The number of hydrogen-bond acceptors (Lipinski definition) is 5. The van der Waals surface area contributed by atoms with Crippen molar-refractivity contribution in [1.29, 1.82) is 0 Å². The highest BCUT2D eigenvalue weighted by molar-refractivity contribution is 7.12. The molecule has 1 unspecified atom stereocenters. The highest BCUT2D eigenvalue weighted by atomic mass is 32.1. The molecule has 2 aromatic rings. The van der Waals surface area contributed by atoms with Crippen molar-refractivity contribution in [2.45, 2.75) is 26.7 Å². The first-order valence-corrected chi connectivity index (χ1v) is 10.5. The quantitative estimate of drug-likeness (QED) is 0.759. The Morgan fingerprint density at radius 1 is 1.18 bits per heavy atom. The molecule has 7 heteroatoms. The molecule has 0 radical (unpaired) electrons. The molecule has 1 aromatic carbocycles. The zero-order valence-corrected chi connectivity index (χ0v) is 17.1. The Morgan fingerprint density at radius 2 is 1.96 bits per heavy atom. The Bertz CT molecular complexity index is 807. The van der Waals surface area contributed by atoms with Crippen LogP contribution in [0.25, 0.3) is 0 Å². The van der Waals surface area contributed by atoms with Crippen molar-refractivity contribution in [2.24, 2.45) is 5.92 Å². The standard InChI is InChI=1S/C21H26N2O4S/c1-3-26-17-10-9-16(13-18(17)27-4-2)22-20(24)15-7-5-11-23(14-15)21(25)19-8-6-12-28-19/h6,8-10,12-13,15H,3-5,7,11,14H2,1-2H3,(H,22,24). The SMILES string of the molecule is CCOc1ccc(NC(=O)C2CCCN(C(=O)c3cccs3)C2)cc1OCC. The van der Waals surface area contributed by atoms with Crippen molar-refractivity contribution in [2.75, 3.05) is 31.6 Å². The van der Waals surface area contributed by atoms with E-state index in [9.17, 15) is 9.59 Å². The van der Waals surface area contributed by atoms with Crippen LogP contribution in [0.2, 0.25) is 0 Å². The van der Waals surface area contributed by atoms with Crippen LogP contribution in [0, 0.1) is 5.92 Å². The van der Waals surface area contributed by atoms with Gasteiger partial charge in [0.1, 0.15) is 0 Å². The fourth-order valence-electron chi connectivity index (χ4n) is 3.30. The summed E-state index contributed by atoms with van der Waals surface area (Å²) < 4.78 is 11.2. The van der Waals surface area contributed by atoms with Crippen LogP contribution in [-0.2, 0) is 4.79 Å². The number of carbonyl (C=O) groups excluding carboxylic acids is 2. The number of likely N-dealkylation sites (tertiary alicyclic amines) is 1. The molecule has 150 valence electrons. The molecule has 2 heterocycles. The first-order chi connectivity index (χ1) is 13.6. The number of rotatable bonds is 7. The highest BCUT2D eigenvalue weighted by Crippen LogP contribution is 2.31. The highest BCUT2D eigenvalue weighted by Gasteiger charge is 2.29. The van der Waals surface area contributed by atoms with E-state index >= 15 is 0 Å². The van der Waals surface area contributed by atoms with Gasteiger partial charge in [-0.2, -0.15) is 0 Å². The average molecular weight is 403 g/mol. The van der Waals surface area contributed by atoms with Gasteiger partial charge < -0.3 is 19.7 Å². The van der Waals surface area contributed by atoms with Gasteiger partial charge in [-0.25, -0.2) is 0 Å². The second kappa shape index (κ2) is 9.59. The maximum Gasteiger partial charge on any atom is 0.263 e. The van der Waals surface area contributed by atoms with Gasteiger partial charge in [0.15, 0.2) is 11.5 Å². The second-order valence-electron chi connectivity index (χ2n) is 6.58. The van der Waals surface area contributed by atoms with Crippen molar-refractivity contribution in [3.05, 3.63) is 40.6 Å². The van der Waals surface area contributed by atoms with Gasteiger partial charge in [-0.05, 0) is 50.3 Å². The molecule has 1 aromatic heterocycles. The van der Waals surface area contributed by atoms with E-state index in [0.717, 1.165) is 12.8 Å². The van der Waals surface area contributed by atoms with Crippen LogP contribution in [0.3, 0.4) is 0 Å². The van der Waals surface area contributed by atoms with Gasteiger partial charge in [0.05, 0.1) is 24.0 Å². The van der Waals surface area contributed by atoms with Gasteiger partial charge >= 0.3 is 0 Å². The Labute approximate surface area is 169 Å². The molecule has 1 saturated heterocycles. The third kappa shape index (κ3) is 4.84. The number of benzene rings is 1. The van der Waals surface area contributed by atoms with Crippen LogP contribution in [0.4, 0.5) is 5.69 Å². The number of anilines is 1. The molecule has 1 aliphatic rings. The van der Waals surface area contributed by atoms with Gasteiger partial charge in [-0.1, -0.05) is 6.07 Å². The summed E-state index contributed by atoms with van der Waals surface area (Å²) in [6.45, 7) is 6.01. The molecular formula is C21H26N2O4S. The monoisotopic (exact) mass is 402 g/mol. The summed E-state index contributed by atoms with van der Waals surface area (Å²) in [6.07, 6.45) is 1.60. The first kappa shape index (κ1) is 20.2. The lowest BCUT2D eigenvalue weighted by Crippen LogP contribution is -2.43.